The fraction of sp³-hybridized carbons (Fsp3) is 0.538. The van der Waals surface area contributed by atoms with Crippen LogP contribution in [0.2, 0.25) is 0 Å². The van der Waals surface area contributed by atoms with Gasteiger partial charge in [-0.1, -0.05) is 12.1 Å². The van der Waals surface area contributed by atoms with Crippen molar-refractivity contribution in [2.24, 2.45) is 5.92 Å². The van der Waals surface area contributed by atoms with Crippen molar-refractivity contribution in [2.45, 2.75) is 10.9 Å². The molecule has 1 aromatic rings. The molecule has 1 aromatic carbocycles. The van der Waals surface area contributed by atoms with Crippen LogP contribution in [-0.2, 0) is 24.8 Å². The van der Waals surface area contributed by atoms with Crippen LogP contribution in [0.5, 0.6) is 0 Å². The standard InChI is InChI=1S/C13H19FN2O5S2/c1-16(2)22(17,18)9-10-7-21-8-12(10)15-23(19,20)13-6-4-3-5-11(13)14/h3-6,10,12,15H,7-9H2,1-2H3/t10-,12+/m0/s1. The van der Waals surface area contributed by atoms with Gasteiger partial charge in [0.15, 0.2) is 0 Å². The minimum absolute atomic E-state index is 0.0430. The number of rotatable bonds is 6. The Morgan fingerprint density at radius 2 is 1.87 bits per heavy atom. The van der Waals surface area contributed by atoms with Crippen LogP contribution < -0.4 is 4.72 Å². The number of nitrogens with one attached hydrogen (secondary N) is 1. The first kappa shape index (κ1) is 18.3. The minimum Gasteiger partial charge on any atom is -0.379 e. The molecular weight excluding hydrogens is 347 g/mol. The molecule has 0 saturated carbocycles. The summed E-state index contributed by atoms with van der Waals surface area (Å²) < 4.78 is 70.8. The highest BCUT2D eigenvalue weighted by atomic mass is 32.2. The number of sulfonamides is 2. The predicted octanol–water partition coefficient (Wildman–Crippen LogP) is 0.0104. The van der Waals surface area contributed by atoms with Crippen LogP contribution in [0.1, 0.15) is 0 Å². The summed E-state index contributed by atoms with van der Waals surface area (Å²) in [5, 5.41) is 0. The third kappa shape index (κ3) is 4.27. The molecule has 0 spiro atoms. The highest BCUT2D eigenvalue weighted by Crippen LogP contribution is 2.21. The molecular formula is C13H19FN2O5S2. The smallest absolute Gasteiger partial charge is 0.243 e. The van der Waals surface area contributed by atoms with Crippen molar-refractivity contribution >= 4 is 20.0 Å². The van der Waals surface area contributed by atoms with Gasteiger partial charge in [0.25, 0.3) is 0 Å². The van der Waals surface area contributed by atoms with Gasteiger partial charge in [0.1, 0.15) is 10.7 Å². The zero-order chi connectivity index (χ0) is 17.3. The van der Waals surface area contributed by atoms with E-state index < -0.39 is 42.7 Å². The predicted molar refractivity (Wildman–Crippen MR) is 82.3 cm³/mol. The summed E-state index contributed by atoms with van der Waals surface area (Å²) in [5.74, 6) is -1.65. The van der Waals surface area contributed by atoms with Crippen LogP contribution in [-0.4, -0.2) is 60.2 Å². The van der Waals surface area contributed by atoms with Gasteiger partial charge in [-0.15, -0.1) is 0 Å². The van der Waals surface area contributed by atoms with Gasteiger partial charge in [0.2, 0.25) is 20.0 Å². The van der Waals surface area contributed by atoms with E-state index in [-0.39, 0.29) is 19.0 Å². The van der Waals surface area contributed by atoms with Crippen molar-refractivity contribution < 1.29 is 26.0 Å². The molecule has 0 unspecified atom stereocenters. The number of nitrogens with zero attached hydrogens (tertiary/aromatic N) is 1. The summed E-state index contributed by atoms with van der Waals surface area (Å²) in [6, 6.07) is 4.28. The average molecular weight is 366 g/mol. The monoisotopic (exact) mass is 366 g/mol. The van der Waals surface area contributed by atoms with Crippen LogP contribution in [0.25, 0.3) is 0 Å². The van der Waals surface area contributed by atoms with Gasteiger partial charge < -0.3 is 4.74 Å². The largest absolute Gasteiger partial charge is 0.379 e. The molecule has 0 aromatic heterocycles. The molecule has 2 rings (SSSR count). The van der Waals surface area contributed by atoms with E-state index in [1.807, 2.05) is 0 Å². The van der Waals surface area contributed by atoms with Crippen molar-refractivity contribution in [3.63, 3.8) is 0 Å². The number of hydrogen-bond donors (Lipinski definition) is 1. The molecule has 7 nitrogen and oxygen atoms in total. The lowest BCUT2D eigenvalue weighted by molar-refractivity contribution is 0.185. The van der Waals surface area contributed by atoms with Crippen LogP contribution in [0.3, 0.4) is 0 Å². The van der Waals surface area contributed by atoms with Gasteiger partial charge in [-0.05, 0) is 12.1 Å². The number of hydrogen-bond acceptors (Lipinski definition) is 5. The van der Waals surface area contributed by atoms with Crippen molar-refractivity contribution in [1.82, 2.24) is 9.03 Å². The summed E-state index contributed by atoms with van der Waals surface area (Å²) in [7, 11) is -4.78. The number of benzene rings is 1. The van der Waals surface area contributed by atoms with E-state index >= 15 is 0 Å². The topological polar surface area (TPSA) is 92.8 Å². The van der Waals surface area contributed by atoms with Crippen LogP contribution in [0.15, 0.2) is 29.2 Å². The first-order valence-corrected chi connectivity index (χ1v) is 9.97. The fourth-order valence-electron chi connectivity index (χ4n) is 2.24. The van der Waals surface area contributed by atoms with Crippen molar-refractivity contribution in [2.75, 3.05) is 33.1 Å². The quantitative estimate of drug-likeness (QED) is 0.766. The zero-order valence-electron chi connectivity index (χ0n) is 12.8. The Labute approximate surface area is 135 Å². The summed E-state index contributed by atoms with van der Waals surface area (Å²) in [4.78, 5) is -0.471. The second-order valence-electron chi connectivity index (χ2n) is 5.52. The molecule has 1 aliphatic heterocycles. The van der Waals surface area contributed by atoms with Gasteiger partial charge in [0.05, 0.1) is 25.0 Å². The third-order valence-corrected chi connectivity index (χ3v) is 7.10. The second-order valence-corrected chi connectivity index (χ2v) is 9.43. The summed E-state index contributed by atoms with van der Waals surface area (Å²) in [6.45, 7) is 0.166. The van der Waals surface area contributed by atoms with E-state index in [9.17, 15) is 21.2 Å². The molecule has 10 heteroatoms. The molecule has 0 amide bonds. The minimum atomic E-state index is -4.10. The molecule has 1 N–H and O–H groups in total. The van der Waals surface area contributed by atoms with Crippen molar-refractivity contribution in [1.29, 1.82) is 0 Å². The molecule has 1 aliphatic rings. The maximum absolute atomic E-state index is 13.7. The van der Waals surface area contributed by atoms with E-state index in [0.717, 1.165) is 16.4 Å². The Morgan fingerprint density at radius 1 is 1.22 bits per heavy atom. The number of ether oxygens (including phenoxy) is 1. The molecule has 2 atom stereocenters. The van der Waals surface area contributed by atoms with Gasteiger partial charge in [-0.2, -0.15) is 0 Å². The maximum Gasteiger partial charge on any atom is 0.243 e. The first-order chi connectivity index (χ1) is 10.6. The maximum atomic E-state index is 13.7. The Balaban J connectivity index is 2.17. The number of halogens is 1. The van der Waals surface area contributed by atoms with Crippen molar-refractivity contribution in [3.8, 4) is 0 Å². The molecule has 0 bridgehead atoms. The highest BCUT2D eigenvalue weighted by molar-refractivity contribution is 7.89. The summed E-state index contributed by atoms with van der Waals surface area (Å²) in [5.41, 5.74) is 0. The Bertz CT molecular complexity index is 764. The summed E-state index contributed by atoms with van der Waals surface area (Å²) in [6.07, 6.45) is 0. The van der Waals surface area contributed by atoms with E-state index in [0.29, 0.717) is 0 Å². The van der Waals surface area contributed by atoms with E-state index in [1.54, 1.807) is 0 Å². The lowest BCUT2D eigenvalue weighted by Gasteiger charge is -2.21. The average Bonchev–Trinajstić information content (AvgIpc) is 2.84. The molecule has 1 heterocycles. The zero-order valence-corrected chi connectivity index (χ0v) is 14.4. The first-order valence-electron chi connectivity index (χ1n) is 6.88. The molecule has 1 saturated heterocycles. The van der Waals surface area contributed by atoms with E-state index in [1.165, 1.54) is 26.2 Å². The fourth-order valence-corrected chi connectivity index (χ4v) is 4.77. The third-order valence-electron chi connectivity index (χ3n) is 3.61. The Hall–Kier alpha value is -1.07. The highest BCUT2D eigenvalue weighted by Gasteiger charge is 2.36. The Kier molecular flexibility index (Phi) is 5.41. The van der Waals surface area contributed by atoms with E-state index in [4.69, 9.17) is 4.74 Å². The lowest BCUT2D eigenvalue weighted by atomic mass is 10.1. The Morgan fingerprint density at radius 3 is 2.48 bits per heavy atom. The van der Waals surface area contributed by atoms with Gasteiger partial charge in [0, 0.05) is 20.0 Å². The summed E-state index contributed by atoms with van der Waals surface area (Å²) >= 11 is 0. The molecule has 0 radical (unpaired) electrons. The second kappa shape index (κ2) is 6.81. The molecule has 23 heavy (non-hydrogen) atoms. The molecule has 130 valence electrons. The van der Waals surface area contributed by atoms with Gasteiger partial charge in [-0.25, -0.2) is 30.3 Å². The van der Waals surface area contributed by atoms with Crippen LogP contribution in [0, 0.1) is 11.7 Å². The lowest BCUT2D eigenvalue weighted by Crippen LogP contribution is -2.43. The van der Waals surface area contributed by atoms with Crippen LogP contribution in [0.4, 0.5) is 4.39 Å². The van der Waals surface area contributed by atoms with Gasteiger partial charge in [-0.3, -0.25) is 0 Å². The molecule has 0 aliphatic carbocycles. The van der Waals surface area contributed by atoms with Crippen LogP contribution >= 0.6 is 0 Å². The normalized spacial score (nSPS) is 22.6. The van der Waals surface area contributed by atoms with E-state index in [2.05, 4.69) is 4.72 Å². The molecule has 1 fully saturated rings. The SMILES string of the molecule is CN(C)S(=O)(=O)C[C@@H]1COC[C@H]1NS(=O)(=O)c1ccccc1F. The van der Waals surface area contributed by atoms with Gasteiger partial charge >= 0.3 is 0 Å². The van der Waals surface area contributed by atoms with Crippen molar-refractivity contribution in [3.05, 3.63) is 30.1 Å².